The highest BCUT2D eigenvalue weighted by Crippen LogP contribution is 2.34. The Balaban J connectivity index is 0.00000420. The van der Waals surface area contributed by atoms with Crippen molar-refractivity contribution < 1.29 is 22.6 Å². The number of nitrogens with zero attached hydrogens (tertiary/aromatic N) is 2. The van der Waals surface area contributed by atoms with Crippen LogP contribution in [-0.4, -0.2) is 77.8 Å². The van der Waals surface area contributed by atoms with E-state index < -0.39 is 14.6 Å². The number of hydrogen-bond acceptors (Lipinski definition) is 6. The summed E-state index contributed by atoms with van der Waals surface area (Å²) in [7, 11) is 3.43. The second-order valence-electron chi connectivity index (χ2n) is 7.23. The molecule has 1 N–H and O–H groups in total. The highest BCUT2D eigenvalue weighted by Gasteiger charge is 2.40. The molecular weight excluding hydrogens is 509 g/mol. The van der Waals surface area contributed by atoms with Crippen molar-refractivity contribution in [1.82, 2.24) is 10.2 Å². The molecule has 2 rings (SSSR count). The lowest BCUT2D eigenvalue weighted by Gasteiger charge is -2.39. The van der Waals surface area contributed by atoms with Crippen molar-refractivity contribution in [3.63, 3.8) is 0 Å². The van der Waals surface area contributed by atoms with E-state index in [1.807, 2.05) is 17.0 Å². The number of sulfone groups is 1. The van der Waals surface area contributed by atoms with Gasteiger partial charge in [-0.25, -0.2) is 8.42 Å². The molecule has 166 valence electrons. The molecule has 1 aliphatic heterocycles. The first-order valence-corrected chi connectivity index (χ1v) is 10.8. The average molecular weight is 541 g/mol. The fourth-order valence-corrected chi connectivity index (χ4v) is 4.65. The van der Waals surface area contributed by atoms with Crippen molar-refractivity contribution in [3.8, 4) is 17.2 Å². The van der Waals surface area contributed by atoms with E-state index in [0.29, 0.717) is 49.3 Å². The number of methoxy groups -OCH3 is 3. The maximum Gasteiger partial charge on any atom is 0.193 e. The Bertz CT molecular complexity index is 802. The first-order valence-electron chi connectivity index (χ1n) is 9.16. The summed E-state index contributed by atoms with van der Waals surface area (Å²) >= 11 is 0. The Morgan fingerprint density at radius 3 is 2.21 bits per heavy atom. The molecule has 1 heterocycles. The zero-order chi connectivity index (χ0) is 20.9. The van der Waals surface area contributed by atoms with E-state index in [-0.39, 0.29) is 29.7 Å². The minimum absolute atomic E-state index is 0. The van der Waals surface area contributed by atoms with Crippen LogP contribution in [0.15, 0.2) is 17.1 Å². The molecule has 1 aromatic rings. The Hall–Kier alpha value is -1.43. The molecule has 1 aromatic carbocycles. The van der Waals surface area contributed by atoms with Gasteiger partial charge >= 0.3 is 0 Å². The second-order valence-corrected chi connectivity index (χ2v) is 9.98. The molecule has 29 heavy (non-hydrogen) atoms. The number of halogens is 1. The molecule has 8 nitrogen and oxygen atoms in total. The molecular formula is C19H32IN3O5S. The highest BCUT2D eigenvalue weighted by atomic mass is 127. The summed E-state index contributed by atoms with van der Waals surface area (Å²) < 4.78 is 39.9. The first-order chi connectivity index (χ1) is 13.2. The van der Waals surface area contributed by atoms with Gasteiger partial charge in [-0.3, -0.25) is 4.99 Å². The van der Waals surface area contributed by atoms with Gasteiger partial charge in [0, 0.05) is 44.4 Å². The minimum Gasteiger partial charge on any atom is -0.496 e. The lowest BCUT2D eigenvalue weighted by atomic mass is 10.1. The van der Waals surface area contributed by atoms with Crippen LogP contribution in [0.4, 0.5) is 0 Å². The predicted octanol–water partition coefficient (Wildman–Crippen LogP) is 1.96. The molecule has 0 aliphatic carbocycles. The second kappa shape index (κ2) is 10.6. The van der Waals surface area contributed by atoms with Gasteiger partial charge in [-0.2, -0.15) is 0 Å². The van der Waals surface area contributed by atoms with Crippen molar-refractivity contribution in [1.29, 1.82) is 0 Å². The number of nitrogens with one attached hydrogen (secondary N) is 1. The van der Waals surface area contributed by atoms with Gasteiger partial charge in [0.25, 0.3) is 0 Å². The molecule has 1 aliphatic rings. The molecule has 0 atom stereocenters. The molecule has 1 fully saturated rings. The van der Waals surface area contributed by atoms with E-state index in [9.17, 15) is 8.42 Å². The number of rotatable bonds is 6. The van der Waals surface area contributed by atoms with Crippen molar-refractivity contribution in [2.75, 3.05) is 53.8 Å². The standard InChI is InChI=1S/C19H31N3O5S.HI/c1-19(2)13-22(9-10-28(19,23)24)18(20-3)21-8-7-15-16(26-5)11-14(25-4)12-17(15)27-6;/h11-12H,7-10,13H2,1-6H3,(H,20,21);1H. The third kappa shape index (κ3) is 5.80. The Labute approximate surface area is 190 Å². The minimum atomic E-state index is -3.09. The van der Waals surface area contributed by atoms with Crippen LogP contribution in [0.25, 0.3) is 0 Å². The van der Waals surface area contributed by atoms with Gasteiger partial charge in [-0.1, -0.05) is 0 Å². The topological polar surface area (TPSA) is 89.5 Å². The summed E-state index contributed by atoms with van der Waals surface area (Å²) in [5.41, 5.74) is 0.926. The number of guanidine groups is 1. The van der Waals surface area contributed by atoms with Gasteiger partial charge in [-0.15, -0.1) is 24.0 Å². The Morgan fingerprint density at radius 2 is 1.76 bits per heavy atom. The molecule has 1 saturated heterocycles. The normalized spacial score (nSPS) is 17.9. The van der Waals surface area contributed by atoms with Gasteiger partial charge in [0.05, 0.1) is 31.8 Å². The quantitative estimate of drug-likeness (QED) is 0.335. The van der Waals surface area contributed by atoms with Crippen LogP contribution in [0.5, 0.6) is 17.2 Å². The third-order valence-corrected chi connectivity index (χ3v) is 7.56. The molecule has 0 spiro atoms. The lowest BCUT2D eigenvalue weighted by Crippen LogP contribution is -2.57. The monoisotopic (exact) mass is 541 g/mol. The van der Waals surface area contributed by atoms with Crippen LogP contribution in [0.1, 0.15) is 19.4 Å². The zero-order valence-corrected chi connectivity index (χ0v) is 21.1. The Morgan fingerprint density at radius 1 is 1.17 bits per heavy atom. The van der Waals surface area contributed by atoms with E-state index in [4.69, 9.17) is 14.2 Å². The van der Waals surface area contributed by atoms with Crippen LogP contribution in [-0.2, 0) is 16.3 Å². The van der Waals surface area contributed by atoms with Crippen LogP contribution in [0, 0.1) is 0 Å². The van der Waals surface area contributed by atoms with Crippen molar-refractivity contribution in [3.05, 3.63) is 17.7 Å². The van der Waals surface area contributed by atoms with Crippen molar-refractivity contribution >= 4 is 39.8 Å². The smallest absolute Gasteiger partial charge is 0.193 e. The average Bonchev–Trinajstić information content (AvgIpc) is 2.67. The van der Waals surface area contributed by atoms with Crippen LogP contribution >= 0.6 is 24.0 Å². The van der Waals surface area contributed by atoms with Crippen LogP contribution in [0.2, 0.25) is 0 Å². The van der Waals surface area contributed by atoms with Gasteiger partial charge in [0.15, 0.2) is 15.8 Å². The first kappa shape index (κ1) is 25.6. The number of hydrogen-bond donors (Lipinski definition) is 1. The fourth-order valence-electron chi connectivity index (χ4n) is 3.28. The molecule has 0 aromatic heterocycles. The third-order valence-electron chi connectivity index (χ3n) is 5.03. The van der Waals surface area contributed by atoms with Gasteiger partial charge in [0.2, 0.25) is 0 Å². The van der Waals surface area contributed by atoms with Gasteiger partial charge in [0.1, 0.15) is 17.2 Å². The number of benzene rings is 1. The maximum atomic E-state index is 12.2. The predicted molar refractivity (Wildman–Crippen MR) is 126 cm³/mol. The molecule has 0 bridgehead atoms. The zero-order valence-electron chi connectivity index (χ0n) is 17.9. The van der Waals surface area contributed by atoms with E-state index >= 15 is 0 Å². The summed E-state index contributed by atoms with van der Waals surface area (Å²) in [4.78, 5) is 6.31. The molecule has 0 saturated carbocycles. The van der Waals surface area contributed by atoms with E-state index in [0.717, 1.165) is 5.56 Å². The van der Waals surface area contributed by atoms with E-state index in [1.54, 1.807) is 42.2 Å². The fraction of sp³-hybridized carbons (Fsp3) is 0.632. The molecule has 10 heteroatoms. The maximum absolute atomic E-state index is 12.2. The summed E-state index contributed by atoms with van der Waals surface area (Å²) in [6.45, 7) is 4.95. The van der Waals surface area contributed by atoms with Crippen molar-refractivity contribution in [2.45, 2.75) is 25.0 Å². The summed E-state index contributed by atoms with van der Waals surface area (Å²) in [5, 5.41) is 3.32. The SMILES string of the molecule is CN=C(NCCc1c(OC)cc(OC)cc1OC)N1CCS(=O)(=O)C(C)(C)C1.I. The lowest BCUT2D eigenvalue weighted by molar-refractivity contribution is 0.352. The summed E-state index contributed by atoms with van der Waals surface area (Å²) in [5.74, 6) is 2.87. The van der Waals surface area contributed by atoms with Crippen LogP contribution in [0.3, 0.4) is 0 Å². The van der Waals surface area contributed by atoms with Gasteiger partial charge < -0.3 is 24.4 Å². The highest BCUT2D eigenvalue weighted by molar-refractivity contribution is 14.0. The largest absolute Gasteiger partial charge is 0.496 e. The molecule has 0 radical (unpaired) electrons. The van der Waals surface area contributed by atoms with E-state index in [1.165, 1.54) is 0 Å². The van der Waals surface area contributed by atoms with Gasteiger partial charge in [-0.05, 0) is 20.3 Å². The summed E-state index contributed by atoms with van der Waals surface area (Å²) in [6.07, 6.45) is 0.644. The Kier molecular flexibility index (Phi) is 9.32. The number of aliphatic imine (C=N–C) groups is 1. The van der Waals surface area contributed by atoms with E-state index in [2.05, 4.69) is 10.3 Å². The van der Waals surface area contributed by atoms with Crippen LogP contribution < -0.4 is 19.5 Å². The summed E-state index contributed by atoms with van der Waals surface area (Å²) in [6, 6.07) is 3.65. The molecule has 0 amide bonds. The molecule has 0 unspecified atom stereocenters. The number of ether oxygens (including phenoxy) is 3. The van der Waals surface area contributed by atoms with Crippen molar-refractivity contribution in [2.24, 2.45) is 4.99 Å².